The molecule has 1 unspecified atom stereocenters. The molecule has 0 bridgehead atoms. The summed E-state index contributed by atoms with van der Waals surface area (Å²) in [6.45, 7) is 6.34. The van der Waals surface area contributed by atoms with Gasteiger partial charge in [0.2, 0.25) is 11.8 Å². The van der Waals surface area contributed by atoms with Crippen molar-refractivity contribution in [2.45, 2.75) is 52.6 Å². The number of hydrogen-bond acceptors (Lipinski definition) is 5. The molecule has 0 aliphatic carbocycles. The van der Waals surface area contributed by atoms with Gasteiger partial charge in [-0.15, -0.1) is 0 Å². The van der Waals surface area contributed by atoms with E-state index in [9.17, 15) is 29.1 Å². The van der Waals surface area contributed by atoms with Gasteiger partial charge in [-0.25, -0.2) is 14.8 Å². The maximum Gasteiger partial charge on any atom is 0.374 e. The summed E-state index contributed by atoms with van der Waals surface area (Å²) < 4.78 is 0. The van der Waals surface area contributed by atoms with Gasteiger partial charge in [-0.2, -0.15) is 0 Å². The molecule has 1 N–H and O–H groups in total. The third-order valence-corrected chi connectivity index (χ3v) is 6.07. The van der Waals surface area contributed by atoms with E-state index in [4.69, 9.17) is 0 Å². The number of carboxylic acid groups (broad SMARTS) is 1. The summed E-state index contributed by atoms with van der Waals surface area (Å²) in [5, 5.41) is 11.6. The lowest BCUT2D eigenvalue weighted by atomic mass is 9.97. The van der Waals surface area contributed by atoms with Crippen LogP contribution in [-0.4, -0.2) is 61.6 Å². The van der Waals surface area contributed by atoms with Crippen molar-refractivity contribution in [3.63, 3.8) is 0 Å². The molecule has 2 aromatic carbocycles. The van der Waals surface area contributed by atoms with Gasteiger partial charge < -0.3 is 10.0 Å². The molecule has 9 nitrogen and oxygen atoms in total. The van der Waals surface area contributed by atoms with E-state index in [1.165, 1.54) is 24.9 Å². The molecule has 194 valence electrons. The Balaban J connectivity index is 2.25. The lowest BCUT2D eigenvalue weighted by molar-refractivity contribution is -0.170. The van der Waals surface area contributed by atoms with E-state index in [2.05, 4.69) is 0 Å². The second-order valence-corrected chi connectivity index (χ2v) is 9.34. The fourth-order valence-electron chi connectivity index (χ4n) is 4.42. The zero-order chi connectivity index (χ0) is 27.3. The zero-order valence-electron chi connectivity index (χ0n) is 21.3. The highest BCUT2D eigenvalue weighted by Crippen LogP contribution is 2.33. The van der Waals surface area contributed by atoms with Crippen molar-refractivity contribution in [2.75, 3.05) is 0 Å². The second-order valence-electron chi connectivity index (χ2n) is 9.34. The van der Waals surface area contributed by atoms with Crippen LogP contribution in [0, 0.1) is 5.92 Å². The minimum Gasteiger partial charge on any atom is -0.475 e. The van der Waals surface area contributed by atoms with Crippen LogP contribution in [-0.2, 0) is 30.4 Å². The number of rotatable bonds is 9. The minimum atomic E-state index is -1.72. The predicted octanol–water partition coefficient (Wildman–Crippen LogP) is 3.12. The average molecular weight is 506 g/mol. The van der Waals surface area contributed by atoms with Crippen molar-refractivity contribution in [2.24, 2.45) is 5.92 Å². The Hall–Kier alpha value is -4.27. The Bertz CT molecular complexity index is 1210. The molecule has 1 heterocycles. The highest BCUT2D eigenvalue weighted by atomic mass is 16.4. The van der Waals surface area contributed by atoms with Crippen LogP contribution in [0.15, 0.2) is 66.9 Å². The molecule has 0 aromatic heterocycles. The first kappa shape index (κ1) is 27.3. The van der Waals surface area contributed by atoms with Crippen LogP contribution in [0.3, 0.4) is 0 Å². The summed E-state index contributed by atoms with van der Waals surface area (Å²) in [5.74, 6) is -4.57. The van der Waals surface area contributed by atoms with Crippen molar-refractivity contribution in [1.82, 2.24) is 14.9 Å². The first-order valence-corrected chi connectivity index (χ1v) is 12.0. The first-order valence-electron chi connectivity index (χ1n) is 12.0. The Kier molecular flexibility index (Phi) is 8.60. The maximum absolute atomic E-state index is 14.1. The highest BCUT2D eigenvalue weighted by molar-refractivity contribution is 6.35. The lowest BCUT2D eigenvalue weighted by Crippen LogP contribution is -2.63. The van der Waals surface area contributed by atoms with E-state index in [-0.39, 0.29) is 23.9 Å². The summed E-state index contributed by atoms with van der Waals surface area (Å²) in [4.78, 5) is 66.0. The van der Waals surface area contributed by atoms with E-state index >= 15 is 0 Å². The standard InChI is InChI=1S/C28H31N3O6/c1-18(2)15-24-27(35)31(25(17-29(24)19(3)32)22-13-9-6-10-14-22)30(20(4)33)23(26(34)28(36)37)16-21-11-7-5-8-12-21/h5-14,17-18,23-24H,15-16H2,1-4H3,(H,36,37)/t23-,24?/m0/s1. The van der Waals surface area contributed by atoms with E-state index < -0.39 is 35.7 Å². The van der Waals surface area contributed by atoms with Gasteiger partial charge in [0.05, 0.1) is 5.70 Å². The van der Waals surface area contributed by atoms with Gasteiger partial charge >= 0.3 is 5.97 Å². The van der Waals surface area contributed by atoms with E-state index in [0.717, 1.165) is 10.0 Å². The molecule has 3 amide bonds. The van der Waals surface area contributed by atoms with Crippen LogP contribution in [0.1, 0.15) is 45.2 Å². The SMILES string of the molecule is CC(=O)N1C=C(c2ccccc2)N(N(C(C)=O)[C@@H](Cc2ccccc2)C(=O)C(=O)O)C(=O)C1CC(C)C. The number of hydrogen-bond donors (Lipinski definition) is 1. The van der Waals surface area contributed by atoms with Crippen molar-refractivity contribution in [1.29, 1.82) is 0 Å². The molecule has 2 aromatic rings. The molecule has 3 rings (SSSR count). The number of Topliss-reactive ketones (excluding diaryl/α,β-unsaturated/α-hetero) is 1. The summed E-state index contributed by atoms with van der Waals surface area (Å²) in [5.41, 5.74) is 1.32. The Morgan fingerprint density at radius 3 is 2.00 bits per heavy atom. The quantitative estimate of drug-likeness (QED) is 0.524. The largest absolute Gasteiger partial charge is 0.475 e. The van der Waals surface area contributed by atoms with Crippen LogP contribution in [0.25, 0.3) is 5.70 Å². The number of ketones is 1. The van der Waals surface area contributed by atoms with E-state index in [1.807, 2.05) is 13.8 Å². The van der Waals surface area contributed by atoms with Crippen LogP contribution in [0.2, 0.25) is 0 Å². The number of carbonyl (C=O) groups is 5. The molecule has 9 heteroatoms. The molecular weight excluding hydrogens is 474 g/mol. The van der Waals surface area contributed by atoms with Gasteiger partial charge in [-0.1, -0.05) is 74.5 Å². The molecule has 0 spiro atoms. The summed E-state index contributed by atoms with van der Waals surface area (Å²) in [6, 6.07) is 14.9. The molecule has 0 saturated heterocycles. The van der Waals surface area contributed by atoms with Crippen LogP contribution in [0.5, 0.6) is 0 Å². The number of benzene rings is 2. The average Bonchev–Trinajstić information content (AvgIpc) is 2.85. The third-order valence-electron chi connectivity index (χ3n) is 6.07. The zero-order valence-corrected chi connectivity index (χ0v) is 21.3. The molecule has 37 heavy (non-hydrogen) atoms. The van der Waals surface area contributed by atoms with Gasteiger partial charge in [0.15, 0.2) is 0 Å². The molecule has 1 aliphatic heterocycles. The molecular formula is C28H31N3O6. The molecule has 0 radical (unpaired) electrons. The van der Waals surface area contributed by atoms with Crippen molar-refractivity contribution in [3.8, 4) is 0 Å². The van der Waals surface area contributed by atoms with Gasteiger partial charge in [0.25, 0.3) is 11.7 Å². The van der Waals surface area contributed by atoms with Crippen LogP contribution in [0.4, 0.5) is 0 Å². The predicted molar refractivity (Wildman–Crippen MR) is 136 cm³/mol. The van der Waals surface area contributed by atoms with Crippen LogP contribution >= 0.6 is 0 Å². The Labute approximate surface area is 215 Å². The number of nitrogens with zero attached hydrogens (tertiary/aromatic N) is 3. The Morgan fingerprint density at radius 1 is 0.946 bits per heavy atom. The van der Waals surface area contributed by atoms with Crippen molar-refractivity contribution in [3.05, 3.63) is 78.0 Å². The third kappa shape index (κ3) is 6.11. The fraction of sp³-hybridized carbons (Fsp3) is 0.321. The van der Waals surface area contributed by atoms with Gasteiger partial charge in [0.1, 0.15) is 12.1 Å². The van der Waals surface area contributed by atoms with E-state index in [0.29, 0.717) is 17.5 Å². The lowest BCUT2D eigenvalue weighted by Gasteiger charge is -2.46. The van der Waals surface area contributed by atoms with Gasteiger partial charge in [-0.3, -0.25) is 19.2 Å². The summed E-state index contributed by atoms with van der Waals surface area (Å²) >= 11 is 0. The molecule has 0 saturated carbocycles. The summed E-state index contributed by atoms with van der Waals surface area (Å²) in [6.07, 6.45) is 1.67. The molecule has 1 aliphatic rings. The van der Waals surface area contributed by atoms with E-state index in [1.54, 1.807) is 60.7 Å². The Morgan fingerprint density at radius 2 is 1.51 bits per heavy atom. The highest BCUT2D eigenvalue weighted by Gasteiger charge is 2.45. The number of hydrazine groups is 1. The normalized spacial score (nSPS) is 16.3. The molecule has 2 atom stereocenters. The monoisotopic (exact) mass is 505 g/mol. The van der Waals surface area contributed by atoms with Crippen LogP contribution < -0.4 is 0 Å². The maximum atomic E-state index is 14.1. The summed E-state index contributed by atoms with van der Waals surface area (Å²) in [7, 11) is 0. The number of amides is 3. The van der Waals surface area contributed by atoms with Gasteiger partial charge in [-0.05, 0) is 17.9 Å². The van der Waals surface area contributed by atoms with Crippen molar-refractivity contribution >= 4 is 35.2 Å². The second kappa shape index (κ2) is 11.6. The number of carbonyl (C=O) groups excluding carboxylic acids is 4. The molecule has 0 fully saturated rings. The number of carboxylic acids is 1. The fourth-order valence-corrected chi connectivity index (χ4v) is 4.42. The number of aliphatic carboxylic acids is 1. The topological polar surface area (TPSA) is 115 Å². The first-order chi connectivity index (χ1) is 17.5. The van der Waals surface area contributed by atoms with Crippen molar-refractivity contribution < 1.29 is 29.1 Å². The van der Waals surface area contributed by atoms with Gasteiger partial charge in [0, 0.05) is 32.0 Å². The minimum absolute atomic E-state index is 0.0240. The smallest absolute Gasteiger partial charge is 0.374 e.